The largest absolute Gasteiger partial charge is 0.306 e. The highest BCUT2D eigenvalue weighted by atomic mass is 35.5. The molecule has 1 aromatic carbocycles. The van der Waals surface area contributed by atoms with Gasteiger partial charge in [0, 0.05) is 11.1 Å². The Balaban J connectivity index is 2.25. The summed E-state index contributed by atoms with van der Waals surface area (Å²) in [4.78, 5) is 4.19. The van der Waals surface area contributed by atoms with Crippen LogP contribution in [0.5, 0.6) is 0 Å². The Labute approximate surface area is 130 Å². The minimum absolute atomic E-state index is 0.00538. The Morgan fingerprint density at radius 3 is 2.57 bits per heavy atom. The lowest BCUT2D eigenvalue weighted by Gasteiger charge is -2.21. The summed E-state index contributed by atoms with van der Waals surface area (Å²) in [6, 6.07) is 9.51. The van der Waals surface area contributed by atoms with Crippen molar-refractivity contribution in [1.29, 1.82) is 0 Å². The zero-order chi connectivity index (χ0) is 15.4. The number of halogens is 2. The summed E-state index contributed by atoms with van der Waals surface area (Å²) in [7, 11) is 0. The predicted molar refractivity (Wildman–Crippen MR) is 85.1 cm³/mol. The summed E-state index contributed by atoms with van der Waals surface area (Å²) in [5.41, 5.74) is 3.02. The number of pyridine rings is 1. The number of hydrogen-bond donors (Lipinski definition) is 1. The predicted octanol–water partition coefficient (Wildman–Crippen LogP) is 4.46. The van der Waals surface area contributed by atoms with Crippen molar-refractivity contribution in [2.75, 3.05) is 0 Å². The van der Waals surface area contributed by atoms with E-state index in [9.17, 15) is 4.39 Å². The SMILES string of the molecule is Cc1ccc(CC(NC(C)C)c2ccc(F)cn2)c(Cl)c1. The van der Waals surface area contributed by atoms with E-state index in [-0.39, 0.29) is 11.9 Å². The lowest BCUT2D eigenvalue weighted by atomic mass is 10.0. The molecule has 0 fully saturated rings. The van der Waals surface area contributed by atoms with Crippen molar-refractivity contribution in [2.24, 2.45) is 0 Å². The van der Waals surface area contributed by atoms with E-state index in [1.807, 2.05) is 25.1 Å². The van der Waals surface area contributed by atoms with Crippen molar-refractivity contribution in [2.45, 2.75) is 39.3 Å². The van der Waals surface area contributed by atoms with Crippen LogP contribution in [-0.4, -0.2) is 11.0 Å². The van der Waals surface area contributed by atoms with Crippen molar-refractivity contribution in [3.8, 4) is 0 Å². The third-order valence-corrected chi connectivity index (χ3v) is 3.63. The molecule has 1 N–H and O–H groups in total. The molecule has 0 amide bonds. The second kappa shape index (κ2) is 7.01. The van der Waals surface area contributed by atoms with Gasteiger partial charge >= 0.3 is 0 Å². The second-order valence-corrected chi connectivity index (χ2v) is 5.98. The second-order valence-electron chi connectivity index (χ2n) is 5.57. The van der Waals surface area contributed by atoms with Crippen molar-refractivity contribution < 1.29 is 4.39 Å². The van der Waals surface area contributed by atoms with Crippen LogP contribution >= 0.6 is 11.6 Å². The highest BCUT2D eigenvalue weighted by molar-refractivity contribution is 6.31. The molecule has 2 nitrogen and oxygen atoms in total. The van der Waals surface area contributed by atoms with E-state index in [0.717, 1.165) is 28.3 Å². The number of nitrogens with zero attached hydrogens (tertiary/aromatic N) is 1. The normalized spacial score (nSPS) is 12.7. The van der Waals surface area contributed by atoms with Gasteiger partial charge in [-0.3, -0.25) is 4.98 Å². The van der Waals surface area contributed by atoms with Gasteiger partial charge in [-0.25, -0.2) is 4.39 Å². The average molecular weight is 307 g/mol. The van der Waals surface area contributed by atoms with Crippen LogP contribution in [-0.2, 0) is 6.42 Å². The van der Waals surface area contributed by atoms with Crippen LogP contribution in [0.3, 0.4) is 0 Å². The van der Waals surface area contributed by atoms with Crippen LogP contribution in [0.2, 0.25) is 5.02 Å². The van der Waals surface area contributed by atoms with Gasteiger partial charge in [0.15, 0.2) is 0 Å². The molecule has 112 valence electrons. The molecule has 0 saturated heterocycles. The Morgan fingerprint density at radius 2 is 2.00 bits per heavy atom. The molecule has 1 atom stereocenters. The van der Waals surface area contributed by atoms with Crippen LogP contribution in [0.1, 0.15) is 36.7 Å². The number of benzene rings is 1. The van der Waals surface area contributed by atoms with E-state index in [4.69, 9.17) is 11.6 Å². The molecule has 0 aliphatic heterocycles. The van der Waals surface area contributed by atoms with Gasteiger partial charge in [-0.05, 0) is 42.7 Å². The van der Waals surface area contributed by atoms with Crippen molar-refractivity contribution >= 4 is 11.6 Å². The van der Waals surface area contributed by atoms with Crippen molar-refractivity contribution in [1.82, 2.24) is 10.3 Å². The lowest BCUT2D eigenvalue weighted by molar-refractivity contribution is 0.464. The standard InChI is InChI=1S/C17H20ClFN2/c1-11(2)21-17(16-7-6-14(19)10-20-16)9-13-5-4-12(3)8-15(13)18/h4-8,10-11,17,21H,9H2,1-3H3. The summed E-state index contributed by atoms with van der Waals surface area (Å²) in [5.74, 6) is -0.324. The highest BCUT2D eigenvalue weighted by Gasteiger charge is 2.16. The number of hydrogen-bond acceptors (Lipinski definition) is 2. The lowest BCUT2D eigenvalue weighted by Crippen LogP contribution is -2.30. The monoisotopic (exact) mass is 306 g/mol. The Bertz CT molecular complexity index is 596. The van der Waals surface area contributed by atoms with Gasteiger partial charge in [-0.2, -0.15) is 0 Å². The summed E-state index contributed by atoms with van der Waals surface area (Å²) >= 11 is 6.31. The summed E-state index contributed by atoms with van der Waals surface area (Å²) < 4.78 is 13.0. The first-order chi connectivity index (χ1) is 9.95. The third-order valence-electron chi connectivity index (χ3n) is 3.27. The minimum Gasteiger partial charge on any atom is -0.306 e. The Morgan fingerprint density at radius 1 is 1.24 bits per heavy atom. The molecule has 0 spiro atoms. The number of aromatic nitrogens is 1. The molecule has 0 aliphatic carbocycles. The summed E-state index contributed by atoms with van der Waals surface area (Å²) in [6.45, 7) is 6.17. The molecule has 4 heteroatoms. The van der Waals surface area contributed by atoms with Gasteiger partial charge in [0.1, 0.15) is 5.82 Å². The fourth-order valence-electron chi connectivity index (χ4n) is 2.28. The van der Waals surface area contributed by atoms with Crippen LogP contribution in [0.25, 0.3) is 0 Å². The molecule has 1 unspecified atom stereocenters. The molecule has 0 saturated carbocycles. The number of nitrogens with one attached hydrogen (secondary N) is 1. The van der Waals surface area contributed by atoms with Gasteiger partial charge in [0.2, 0.25) is 0 Å². The summed E-state index contributed by atoms with van der Waals surface area (Å²) in [5, 5.41) is 4.22. The van der Waals surface area contributed by atoms with Gasteiger partial charge < -0.3 is 5.32 Å². The fourth-order valence-corrected chi connectivity index (χ4v) is 2.59. The topological polar surface area (TPSA) is 24.9 Å². The van der Waals surface area contributed by atoms with E-state index in [1.54, 1.807) is 6.07 Å². The first kappa shape index (κ1) is 15.9. The first-order valence-corrected chi connectivity index (χ1v) is 7.46. The third kappa shape index (κ3) is 4.51. The van der Waals surface area contributed by atoms with Gasteiger partial charge in [-0.1, -0.05) is 37.6 Å². The van der Waals surface area contributed by atoms with E-state index in [1.165, 1.54) is 12.3 Å². The van der Waals surface area contributed by atoms with E-state index >= 15 is 0 Å². The Hall–Kier alpha value is -1.45. The van der Waals surface area contributed by atoms with E-state index < -0.39 is 0 Å². The maximum atomic E-state index is 13.0. The molecule has 0 radical (unpaired) electrons. The highest BCUT2D eigenvalue weighted by Crippen LogP contribution is 2.24. The first-order valence-electron chi connectivity index (χ1n) is 7.08. The molecule has 0 aliphatic rings. The zero-order valence-electron chi connectivity index (χ0n) is 12.5. The van der Waals surface area contributed by atoms with Crippen molar-refractivity contribution in [3.63, 3.8) is 0 Å². The maximum absolute atomic E-state index is 13.0. The zero-order valence-corrected chi connectivity index (χ0v) is 13.3. The quantitative estimate of drug-likeness (QED) is 0.882. The molecule has 2 rings (SSSR count). The molecule has 1 aromatic heterocycles. The molecular weight excluding hydrogens is 287 g/mol. The average Bonchev–Trinajstić information content (AvgIpc) is 2.41. The minimum atomic E-state index is -0.324. The van der Waals surface area contributed by atoms with Crippen LogP contribution < -0.4 is 5.32 Å². The van der Waals surface area contributed by atoms with Crippen LogP contribution in [0.4, 0.5) is 4.39 Å². The van der Waals surface area contributed by atoms with Gasteiger partial charge in [0.05, 0.1) is 17.9 Å². The Kier molecular flexibility index (Phi) is 5.32. The van der Waals surface area contributed by atoms with Crippen LogP contribution in [0, 0.1) is 12.7 Å². The molecule has 21 heavy (non-hydrogen) atoms. The number of aryl methyl sites for hydroxylation is 1. The fraction of sp³-hybridized carbons (Fsp3) is 0.353. The smallest absolute Gasteiger partial charge is 0.141 e. The van der Waals surface area contributed by atoms with Crippen molar-refractivity contribution in [3.05, 3.63) is 64.2 Å². The molecule has 2 aromatic rings. The van der Waals surface area contributed by atoms with Gasteiger partial charge in [-0.15, -0.1) is 0 Å². The van der Waals surface area contributed by atoms with Crippen LogP contribution in [0.15, 0.2) is 36.5 Å². The maximum Gasteiger partial charge on any atom is 0.141 e. The van der Waals surface area contributed by atoms with Gasteiger partial charge in [0.25, 0.3) is 0 Å². The van der Waals surface area contributed by atoms with E-state index in [0.29, 0.717) is 6.04 Å². The molecular formula is C17H20ClFN2. The van der Waals surface area contributed by atoms with E-state index in [2.05, 4.69) is 24.1 Å². The molecule has 1 heterocycles. The summed E-state index contributed by atoms with van der Waals surface area (Å²) in [6.07, 6.45) is 1.97. The number of rotatable bonds is 5. The molecule has 0 bridgehead atoms.